The van der Waals surface area contributed by atoms with Crippen LogP contribution < -0.4 is 9.61 Å². The van der Waals surface area contributed by atoms with Gasteiger partial charge in [-0.1, -0.05) is 18.2 Å². The van der Waals surface area contributed by atoms with Gasteiger partial charge < -0.3 is 9.26 Å². The van der Waals surface area contributed by atoms with E-state index in [1.165, 1.54) is 14.0 Å². The molecule has 0 aromatic heterocycles. The van der Waals surface area contributed by atoms with Crippen molar-refractivity contribution in [3.05, 3.63) is 30.3 Å². The van der Waals surface area contributed by atoms with Crippen molar-refractivity contribution in [3.63, 3.8) is 0 Å². The quantitative estimate of drug-likeness (QED) is 0.613. The van der Waals surface area contributed by atoms with Crippen LogP contribution in [0.5, 0.6) is 5.75 Å². The van der Waals surface area contributed by atoms with Gasteiger partial charge in [-0.05, 0) is 26.0 Å². The predicted octanol–water partition coefficient (Wildman–Crippen LogP) is 2.36. The molecule has 0 radical (unpaired) electrons. The molecule has 7 heteroatoms. The minimum Gasteiger partial charge on any atom is -0.465 e. The molecule has 1 aromatic rings. The van der Waals surface area contributed by atoms with Crippen LogP contribution in [-0.4, -0.2) is 25.7 Å². The first kappa shape index (κ1) is 15.7. The molecule has 0 fully saturated rings. The first-order valence-corrected chi connectivity index (χ1v) is 7.40. The van der Waals surface area contributed by atoms with Gasteiger partial charge in [0, 0.05) is 7.11 Å². The largest absolute Gasteiger partial charge is 0.465 e. The summed E-state index contributed by atoms with van der Waals surface area (Å²) in [5, 5.41) is 2.51. The fourth-order valence-electron chi connectivity index (χ4n) is 1.29. The van der Waals surface area contributed by atoms with E-state index in [9.17, 15) is 9.36 Å². The smallest absolute Gasteiger partial charge is 0.459 e. The molecule has 0 saturated carbocycles. The van der Waals surface area contributed by atoms with Crippen molar-refractivity contribution in [2.45, 2.75) is 19.9 Å². The number of para-hydroxylation sites is 1. The third kappa shape index (κ3) is 5.03. The van der Waals surface area contributed by atoms with E-state index in [0.29, 0.717) is 5.75 Å². The Labute approximate surface area is 112 Å². The zero-order valence-electron chi connectivity index (χ0n) is 11.2. The van der Waals surface area contributed by atoms with Gasteiger partial charge in [-0.2, -0.15) is 5.09 Å². The standard InChI is InChI=1S/C12H18NO5P/c1-4-17-12(14)10(2)13-19(15,16-3)18-11-8-6-5-7-9-11/h5-10H,4H2,1-3H3,(H,13,15)/t10-,19?/m0/s1. The maximum absolute atomic E-state index is 12.3. The number of ether oxygens (including phenoxy) is 1. The van der Waals surface area contributed by atoms with Crippen molar-refractivity contribution < 1.29 is 23.1 Å². The normalized spacial score (nSPS) is 15.3. The van der Waals surface area contributed by atoms with Gasteiger partial charge >= 0.3 is 13.7 Å². The summed E-state index contributed by atoms with van der Waals surface area (Å²) in [5.41, 5.74) is 0. The number of rotatable bonds is 7. The average Bonchev–Trinajstić information content (AvgIpc) is 2.40. The highest BCUT2D eigenvalue weighted by molar-refractivity contribution is 7.52. The van der Waals surface area contributed by atoms with Gasteiger partial charge in [0.25, 0.3) is 0 Å². The molecule has 6 nitrogen and oxygen atoms in total. The lowest BCUT2D eigenvalue weighted by Gasteiger charge is -2.21. The van der Waals surface area contributed by atoms with E-state index in [1.54, 1.807) is 37.3 Å². The maximum atomic E-state index is 12.3. The second-order valence-corrected chi connectivity index (χ2v) is 5.49. The van der Waals surface area contributed by atoms with Crippen LogP contribution in [0.3, 0.4) is 0 Å². The van der Waals surface area contributed by atoms with Crippen LogP contribution in [0.15, 0.2) is 30.3 Å². The van der Waals surface area contributed by atoms with Crippen LogP contribution in [0.1, 0.15) is 13.8 Å². The average molecular weight is 287 g/mol. The first-order chi connectivity index (χ1) is 9.00. The van der Waals surface area contributed by atoms with E-state index >= 15 is 0 Å². The van der Waals surface area contributed by atoms with Gasteiger partial charge in [0.15, 0.2) is 0 Å². The topological polar surface area (TPSA) is 73.9 Å². The Morgan fingerprint density at radius 2 is 2.00 bits per heavy atom. The highest BCUT2D eigenvalue weighted by Crippen LogP contribution is 2.43. The fraction of sp³-hybridized carbons (Fsp3) is 0.417. The monoisotopic (exact) mass is 287 g/mol. The van der Waals surface area contributed by atoms with Crippen LogP contribution in [0.2, 0.25) is 0 Å². The van der Waals surface area contributed by atoms with E-state index < -0.39 is 19.8 Å². The molecule has 0 saturated heterocycles. The number of benzene rings is 1. The summed E-state index contributed by atoms with van der Waals surface area (Å²) in [5.74, 6) is -0.132. The Bertz CT molecular complexity index is 451. The van der Waals surface area contributed by atoms with Crippen molar-refractivity contribution in [2.75, 3.05) is 13.7 Å². The SMILES string of the molecule is CCOC(=O)[C@H](C)NP(=O)(OC)Oc1ccccc1. The lowest BCUT2D eigenvalue weighted by atomic mass is 10.3. The number of esters is 1. The molecule has 106 valence electrons. The minimum absolute atomic E-state index is 0.252. The van der Waals surface area contributed by atoms with Gasteiger partial charge in [0.2, 0.25) is 0 Å². The fourth-order valence-corrected chi connectivity index (χ4v) is 2.51. The molecule has 0 heterocycles. The van der Waals surface area contributed by atoms with Crippen molar-refractivity contribution in [1.82, 2.24) is 5.09 Å². The Morgan fingerprint density at radius 3 is 2.53 bits per heavy atom. The molecule has 19 heavy (non-hydrogen) atoms. The minimum atomic E-state index is -3.61. The van der Waals surface area contributed by atoms with Crippen LogP contribution in [0, 0.1) is 0 Å². The number of hydrogen-bond donors (Lipinski definition) is 1. The van der Waals surface area contributed by atoms with Crippen LogP contribution >= 0.6 is 7.75 Å². The number of carbonyl (C=O) groups excluding carboxylic acids is 1. The Morgan fingerprint density at radius 1 is 1.37 bits per heavy atom. The van der Waals surface area contributed by atoms with Gasteiger partial charge in [0.1, 0.15) is 11.8 Å². The molecule has 1 unspecified atom stereocenters. The lowest BCUT2D eigenvalue weighted by molar-refractivity contribution is -0.144. The molecular formula is C12H18NO5P. The highest BCUT2D eigenvalue weighted by atomic mass is 31.2. The molecule has 1 N–H and O–H groups in total. The zero-order valence-corrected chi connectivity index (χ0v) is 12.1. The Kier molecular flexibility index (Phi) is 6.02. The van der Waals surface area contributed by atoms with E-state index in [-0.39, 0.29) is 6.61 Å². The molecule has 2 atom stereocenters. The molecule has 0 aliphatic carbocycles. The van der Waals surface area contributed by atoms with Gasteiger partial charge in [-0.15, -0.1) is 0 Å². The summed E-state index contributed by atoms with van der Waals surface area (Å²) in [4.78, 5) is 11.5. The highest BCUT2D eigenvalue weighted by Gasteiger charge is 2.30. The summed E-state index contributed by atoms with van der Waals surface area (Å²) in [6.45, 7) is 3.47. The summed E-state index contributed by atoms with van der Waals surface area (Å²) in [7, 11) is -2.36. The summed E-state index contributed by atoms with van der Waals surface area (Å²) < 4.78 is 27.2. The second kappa shape index (κ2) is 7.28. The number of hydrogen-bond acceptors (Lipinski definition) is 5. The van der Waals surface area contributed by atoms with E-state index in [2.05, 4.69) is 5.09 Å². The molecule has 0 aliphatic heterocycles. The van der Waals surface area contributed by atoms with Crippen molar-refractivity contribution in [3.8, 4) is 5.75 Å². The third-order valence-electron chi connectivity index (χ3n) is 2.20. The molecule has 1 aromatic carbocycles. The maximum Gasteiger partial charge on any atom is 0.459 e. The molecule has 0 spiro atoms. The van der Waals surface area contributed by atoms with Gasteiger partial charge in [-0.25, -0.2) is 4.57 Å². The third-order valence-corrected chi connectivity index (χ3v) is 3.84. The second-order valence-electron chi connectivity index (χ2n) is 3.69. The van der Waals surface area contributed by atoms with Crippen LogP contribution in [0.4, 0.5) is 0 Å². The van der Waals surface area contributed by atoms with Crippen molar-refractivity contribution >= 4 is 13.7 Å². The van der Waals surface area contributed by atoms with Gasteiger partial charge in [-0.3, -0.25) is 9.32 Å². The molecular weight excluding hydrogens is 269 g/mol. The number of nitrogens with one attached hydrogen (secondary N) is 1. The van der Waals surface area contributed by atoms with E-state index in [1.807, 2.05) is 0 Å². The summed E-state index contributed by atoms with van der Waals surface area (Å²) in [6, 6.07) is 7.77. The van der Waals surface area contributed by atoms with Crippen LogP contribution in [-0.2, 0) is 18.6 Å². The molecule has 0 bridgehead atoms. The zero-order chi connectivity index (χ0) is 14.3. The van der Waals surface area contributed by atoms with Crippen LogP contribution in [0.25, 0.3) is 0 Å². The van der Waals surface area contributed by atoms with E-state index in [0.717, 1.165) is 0 Å². The summed E-state index contributed by atoms with van der Waals surface area (Å²) >= 11 is 0. The summed E-state index contributed by atoms with van der Waals surface area (Å²) in [6.07, 6.45) is 0. The number of carbonyl (C=O) groups is 1. The lowest BCUT2D eigenvalue weighted by Crippen LogP contribution is -2.34. The van der Waals surface area contributed by atoms with E-state index in [4.69, 9.17) is 13.8 Å². The predicted molar refractivity (Wildman–Crippen MR) is 70.9 cm³/mol. The first-order valence-electron chi connectivity index (χ1n) is 5.85. The van der Waals surface area contributed by atoms with Crippen molar-refractivity contribution in [2.24, 2.45) is 0 Å². The molecule has 1 rings (SSSR count). The molecule has 0 aliphatic rings. The van der Waals surface area contributed by atoms with Crippen molar-refractivity contribution in [1.29, 1.82) is 0 Å². The Hall–Kier alpha value is -1.36. The molecule has 0 amide bonds. The van der Waals surface area contributed by atoms with Gasteiger partial charge in [0.05, 0.1) is 6.61 Å². The Balaban J connectivity index is 2.70.